The second-order valence-corrected chi connectivity index (χ2v) is 11.2. The fourth-order valence-corrected chi connectivity index (χ4v) is 5.63. The highest BCUT2D eigenvalue weighted by Crippen LogP contribution is 2.35. The average molecular weight is 552 g/mol. The standard InChI is InChI=1S/C26H36F3N7O3/c1-25(2,12-22(37)35-10-8-34(9-11-35)21-6-5-18(13-30)14-31-21)17-39-16-19-4-3-7-36(19)20-15-32-33-24(38)23(20)26(27,28)29/h5-6,14,19-20,23,32H,3-4,7-12,15-17H2,1-2H3,(H,33,38)/t19-,20?,23?/m0/s1. The summed E-state index contributed by atoms with van der Waals surface area (Å²) in [5.74, 6) is -2.33. The van der Waals surface area contributed by atoms with Crippen molar-refractivity contribution in [3.63, 3.8) is 0 Å². The van der Waals surface area contributed by atoms with Gasteiger partial charge in [-0.3, -0.25) is 19.9 Å². The van der Waals surface area contributed by atoms with E-state index in [0.29, 0.717) is 57.7 Å². The monoisotopic (exact) mass is 551 g/mol. The van der Waals surface area contributed by atoms with E-state index in [1.54, 1.807) is 11.0 Å². The largest absolute Gasteiger partial charge is 0.402 e. The van der Waals surface area contributed by atoms with Gasteiger partial charge in [0.05, 0.1) is 18.8 Å². The van der Waals surface area contributed by atoms with Gasteiger partial charge in [-0.25, -0.2) is 10.4 Å². The number of aromatic nitrogens is 1. The van der Waals surface area contributed by atoms with Crippen LogP contribution < -0.4 is 15.8 Å². The molecule has 39 heavy (non-hydrogen) atoms. The number of rotatable bonds is 8. The van der Waals surface area contributed by atoms with Gasteiger partial charge in [0, 0.05) is 57.4 Å². The number of carbonyl (C=O) groups is 2. The van der Waals surface area contributed by atoms with Crippen molar-refractivity contribution in [1.82, 2.24) is 25.6 Å². The lowest BCUT2D eigenvalue weighted by Crippen LogP contribution is -2.65. The zero-order valence-corrected chi connectivity index (χ0v) is 22.3. The van der Waals surface area contributed by atoms with Crippen molar-refractivity contribution in [2.75, 3.05) is 57.4 Å². The summed E-state index contributed by atoms with van der Waals surface area (Å²) < 4.78 is 46.9. The molecular weight excluding hydrogens is 515 g/mol. The minimum absolute atomic E-state index is 0.0148. The molecule has 3 atom stereocenters. The van der Waals surface area contributed by atoms with E-state index in [-0.39, 0.29) is 25.1 Å². The molecule has 10 nitrogen and oxygen atoms in total. The lowest BCUT2D eigenvalue weighted by molar-refractivity contribution is -0.201. The first-order chi connectivity index (χ1) is 18.5. The van der Waals surface area contributed by atoms with Crippen LogP contribution in [0.4, 0.5) is 19.0 Å². The SMILES string of the molecule is CC(C)(COC[C@@H]1CCCN1C1CNNC(=O)C1C(F)(F)F)CC(=O)N1CCN(c2ccc(C#N)cn2)CC1. The van der Waals surface area contributed by atoms with Crippen molar-refractivity contribution in [1.29, 1.82) is 5.26 Å². The first-order valence-electron chi connectivity index (χ1n) is 13.3. The fourth-order valence-electron chi connectivity index (χ4n) is 5.63. The number of pyridine rings is 1. The number of nitriles is 1. The number of likely N-dealkylation sites (tertiary alicyclic amines) is 1. The number of hydrogen-bond donors (Lipinski definition) is 2. The highest BCUT2D eigenvalue weighted by Gasteiger charge is 2.54. The summed E-state index contributed by atoms with van der Waals surface area (Å²) in [4.78, 5) is 35.0. The van der Waals surface area contributed by atoms with Crippen molar-refractivity contribution in [2.45, 2.75) is 51.4 Å². The van der Waals surface area contributed by atoms with Crippen molar-refractivity contribution >= 4 is 17.6 Å². The topological polar surface area (TPSA) is 114 Å². The molecule has 13 heteroatoms. The summed E-state index contributed by atoms with van der Waals surface area (Å²) in [6.45, 7) is 7.36. The van der Waals surface area contributed by atoms with Gasteiger partial charge in [-0.15, -0.1) is 0 Å². The van der Waals surface area contributed by atoms with Crippen molar-refractivity contribution in [3.8, 4) is 6.07 Å². The molecule has 0 aliphatic carbocycles. The number of alkyl halides is 3. The third kappa shape index (κ3) is 7.17. The zero-order valence-electron chi connectivity index (χ0n) is 22.3. The fraction of sp³-hybridized carbons (Fsp3) is 0.692. The van der Waals surface area contributed by atoms with Gasteiger partial charge in [-0.2, -0.15) is 18.4 Å². The number of nitrogens with zero attached hydrogens (tertiary/aromatic N) is 5. The molecule has 2 amide bonds. The van der Waals surface area contributed by atoms with Crippen molar-refractivity contribution in [2.24, 2.45) is 11.3 Å². The van der Waals surface area contributed by atoms with E-state index in [1.807, 2.05) is 24.8 Å². The molecule has 4 rings (SSSR count). The van der Waals surface area contributed by atoms with E-state index in [0.717, 1.165) is 12.2 Å². The number of nitrogens with one attached hydrogen (secondary N) is 2. The van der Waals surface area contributed by atoms with Crippen LogP contribution >= 0.6 is 0 Å². The Hall–Kier alpha value is -2.95. The van der Waals surface area contributed by atoms with Crippen LogP contribution in [-0.4, -0.2) is 97.3 Å². The van der Waals surface area contributed by atoms with E-state index in [4.69, 9.17) is 10.00 Å². The summed E-state index contributed by atoms with van der Waals surface area (Å²) in [6, 6.07) is 4.39. The molecule has 2 unspecified atom stereocenters. The van der Waals surface area contributed by atoms with Crippen molar-refractivity contribution < 1.29 is 27.5 Å². The average Bonchev–Trinajstić information content (AvgIpc) is 3.36. The van der Waals surface area contributed by atoms with Crippen molar-refractivity contribution in [3.05, 3.63) is 23.9 Å². The second-order valence-electron chi connectivity index (χ2n) is 11.2. The number of piperazine rings is 1. The molecule has 0 saturated carbocycles. The quantitative estimate of drug-likeness (QED) is 0.502. The van der Waals surface area contributed by atoms with Gasteiger partial charge in [-0.1, -0.05) is 13.8 Å². The number of hydrazine groups is 1. The molecular formula is C26H36F3N7O3. The Bertz CT molecular complexity index is 1050. The molecule has 4 heterocycles. The van der Waals surface area contributed by atoms with E-state index in [9.17, 15) is 22.8 Å². The predicted molar refractivity (Wildman–Crippen MR) is 136 cm³/mol. The highest BCUT2D eigenvalue weighted by molar-refractivity contribution is 5.80. The minimum atomic E-state index is -4.63. The highest BCUT2D eigenvalue weighted by atomic mass is 19.4. The lowest BCUT2D eigenvalue weighted by atomic mass is 9.89. The van der Waals surface area contributed by atoms with Crippen LogP contribution in [-0.2, 0) is 14.3 Å². The summed E-state index contributed by atoms with van der Waals surface area (Å²) in [6.07, 6.45) is -1.36. The van der Waals surface area contributed by atoms with E-state index < -0.39 is 29.5 Å². The summed E-state index contributed by atoms with van der Waals surface area (Å²) in [5.41, 5.74) is 4.75. The normalized spacial score (nSPS) is 24.9. The van der Waals surface area contributed by atoms with Gasteiger partial charge >= 0.3 is 6.18 Å². The molecule has 2 N–H and O–H groups in total. The Labute approximate surface area is 226 Å². The van der Waals surface area contributed by atoms with Gasteiger partial charge in [0.2, 0.25) is 11.8 Å². The maximum absolute atomic E-state index is 13.6. The van der Waals surface area contributed by atoms with E-state index in [2.05, 4.69) is 26.8 Å². The first-order valence-corrected chi connectivity index (χ1v) is 13.3. The third-order valence-electron chi connectivity index (χ3n) is 7.66. The molecule has 3 saturated heterocycles. The summed E-state index contributed by atoms with van der Waals surface area (Å²) in [7, 11) is 0. The Balaban J connectivity index is 1.24. The van der Waals surface area contributed by atoms with Crippen LogP contribution in [0.15, 0.2) is 18.3 Å². The molecule has 1 aromatic rings. The summed E-state index contributed by atoms with van der Waals surface area (Å²) >= 11 is 0. The van der Waals surface area contributed by atoms with Crippen LogP contribution in [0.2, 0.25) is 0 Å². The molecule has 0 bridgehead atoms. The molecule has 3 aliphatic heterocycles. The molecule has 0 spiro atoms. The molecule has 1 aromatic heterocycles. The molecule has 3 aliphatic rings. The van der Waals surface area contributed by atoms with Gasteiger partial charge in [-0.05, 0) is 36.9 Å². The van der Waals surface area contributed by atoms with Gasteiger partial charge in [0.25, 0.3) is 0 Å². The molecule has 214 valence electrons. The second kappa shape index (κ2) is 12.1. The Morgan fingerprint density at radius 2 is 1.95 bits per heavy atom. The van der Waals surface area contributed by atoms with Gasteiger partial charge in [0.15, 0.2) is 5.92 Å². The predicted octanol–water partition coefficient (Wildman–Crippen LogP) is 1.68. The number of carbonyl (C=O) groups excluding carboxylic acids is 2. The summed E-state index contributed by atoms with van der Waals surface area (Å²) in [5, 5.41) is 8.94. The van der Waals surface area contributed by atoms with E-state index >= 15 is 0 Å². The number of amides is 2. The van der Waals surface area contributed by atoms with Gasteiger partial charge < -0.3 is 14.5 Å². The Morgan fingerprint density at radius 1 is 1.21 bits per heavy atom. The Kier molecular flexibility index (Phi) is 8.98. The number of anilines is 1. The van der Waals surface area contributed by atoms with Crippen LogP contribution in [0.1, 0.15) is 38.7 Å². The van der Waals surface area contributed by atoms with Crippen LogP contribution in [0.5, 0.6) is 0 Å². The van der Waals surface area contributed by atoms with Crippen LogP contribution in [0, 0.1) is 22.7 Å². The minimum Gasteiger partial charge on any atom is -0.379 e. The molecule has 0 radical (unpaired) electrons. The number of hydrogen-bond acceptors (Lipinski definition) is 8. The number of ether oxygens (including phenoxy) is 1. The van der Waals surface area contributed by atoms with Crippen LogP contribution in [0.25, 0.3) is 0 Å². The van der Waals surface area contributed by atoms with E-state index in [1.165, 1.54) is 6.20 Å². The lowest BCUT2D eigenvalue weighted by Gasteiger charge is -2.41. The molecule has 0 aromatic carbocycles. The smallest absolute Gasteiger partial charge is 0.379 e. The van der Waals surface area contributed by atoms with Gasteiger partial charge in [0.1, 0.15) is 11.9 Å². The van der Waals surface area contributed by atoms with Crippen LogP contribution in [0.3, 0.4) is 0 Å². The molecule has 3 fully saturated rings. The maximum atomic E-state index is 13.6. The third-order valence-corrected chi connectivity index (χ3v) is 7.66. The zero-order chi connectivity index (χ0) is 28.2. The number of halogens is 3. The Morgan fingerprint density at radius 3 is 2.59 bits per heavy atom. The first kappa shape index (κ1) is 29.0. The maximum Gasteiger partial charge on any atom is 0.402 e.